The van der Waals surface area contributed by atoms with Crippen molar-refractivity contribution in [3.8, 4) is 17.6 Å². The quantitative estimate of drug-likeness (QED) is 0.831. The molecule has 0 bridgehead atoms. The molecule has 0 radical (unpaired) electrons. The van der Waals surface area contributed by atoms with E-state index in [4.69, 9.17) is 14.9 Å². The van der Waals surface area contributed by atoms with E-state index in [1.54, 1.807) is 11.3 Å². The molecule has 0 spiro atoms. The molecule has 104 valence electrons. The highest BCUT2D eigenvalue weighted by Gasteiger charge is 2.03. The number of rotatable bonds is 5. The third-order valence-corrected chi connectivity index (χ3v) is 3.58. The van der Waals surface area contributed by atoms with Crippen molar-refractivity contribution >= 4 is 11.3 Å². The van der Waals surface area contributed by atoms with Crippen LogP contribution in [0.1, 0.15) is 22.4 Å². The van der Waals surface area contributed by atoms with Crippen LogP contribution in [0, 0.1) is 11.8 Å². The number of thiophene rings is 1. The van der Waals surface area contributed by atoms with Crippen LogP contribution in [0.15, 0.2) is 35.7 Å². The van der Waals surface area contributed by atoms with Crippen molar-refractivity contribution in [2.24, 2.45) is 0 Å². The molecule has 0 saturated carbocycles. The normalized spacial score (nSPS) is 9.90. The SMILES string of the molecule is OCCC#Cc1ccsc1COc1ccc(CO)cc1. The summed E-state index contributed by atoms with van der Waals surface area (Å²) < 4.78 is 5.71. The molecule has 0 saturated heterocycles. The number of benzene rings is 1. The van der Waals surface area contributed by atoms with Crippen molar-refractivity contribution in [2.45, 2.75) is 19.6 Å². The smallest absolute Gasteiger partial charge is 0.124 e. The van der Waals surface area contributed by atoms with Crippen LogP contribution in [-0.2, 0) is 13.2 Å². The highest BCUT2D eigenvalue weighted by molar-refractivity contribution is 7.10. The summed E-state index contributed by atoms with van der Waals surface area (Å²) in [5.74, 6) is 6.72. The highest BCUT2D eigenvalue weighted by Crippen LogP contribution is 2.19. The van der Waals surface area contributed by atoms with Crippen LogP contribution in [0.3, 0.4) is 0 Å². The molecule has 1 aromatic carbocycles. The second kappa shape index (κ2) is 7.71. The average molecular weight is 288 g/mol. The van der Waals surface area contributed by atoms with E-state index in [-0.39, 0.29) is 13.2 Å². The maximum Gasteiger partial charge on any atom is 0.124 e. The van der Waals surface area contributed by atoms with E-state index in [0.29, 0.717) is 13.0 Å². The lowest BCUT2D eigenvalue weighted by atomic mass is 10.2. The Bertz CT molecular complexity index is 590. The first-order valence-electron chi connectivity index (χ1n) is 6.32. The summed E-state index contributed by atoms with van der Waals surface area (Å²) in [5.41, 5.74) is 1.82. The molecular formula is C16H16O3S. The van der Waals surface area contributed by atoms with E-state index < -0.39 is 0 Å². The predicted molar refractivity (Wildman–Crippen MR) is 79.6 cm³/mol. The highest BCUT2D eigenvalue weighted by atomic mass is 32.1. The van der Waals surface area contributed by atoms with Crippen LogP contribution >= 0.6 is 11.3 Å². The molecule has 0 aliphatic heterocycles. The number of aliphatic hydroxyl groups is 2. The fourth-order valence-electron chi connectivity index (χ4n) is 1.62. The third-order valence-electron chi connectivity index (χ3n) is 2.68. The van der Waals surface area contributed by atoms with E-state index in [0.717, 1.165) is 21.8 Å². The van der Waals surface area contributed by atoms with E-state index in [1.807, 2.05) is 35.7 Å². The predicted octanol–water partition coefficient (Wildman–Crippen LogP) is 2.55. The summed E-state index contributed by atoms with van der Waals surface area (Å²) in [7, 11) is 0. The van der Waals surface area contributed by atoms with Crippen molar-refractivity contribution in [1.29, 1.82) is 0 Å². The molecule has 1 heterocycles. The van der Waals surface area contributed by atoms with Gasteiger partial charge in [-0.25, -0.2) is 0 Å². The minimum atomic E-state index is 0.0375. The van der Waals surface area contributed by atoms with E-state index in [2.05, 4.69) is 11.8 Å². The maximum atomic E-state index is 8.98. The first kappa shape index (κ1) is 14.6. The van der Waals surface area contributed by atoms with Crippen molar-refractivity contribution in [3.63, 3.8) is 0 Å². The van der Waals surface area contributed by atoms with Crippen LogP contribution in [0.2, 0.25) is 0 Å². The molecule has 20 heavy (non-hydrogen) atoms. The van der Waals surface area contributed by atoms with Gasteiger partial charge in [0.25, 0.3) is 0 Å². The van der Waals surface area contributed by atoms with Gasteiger partial charge in [-0.3, -0.25) is 0 Å². The standard InChI is InChI=1S/C16H16O3S/c17-9-2-1-3-14-8-10-20-16(14)12-19-15-6-4-13(11-18)5-7-15/h4-8,10,17-18H,2,9,11-12H2. The van der Waals surface area contributed by atoms with Gasteiger partial charge in [0, 0.05) is 12.0 Å². The Morgan fingerprint density at radius 2 is 1.90 bits per heavy atom. The van der Waals surface area contributed by atoms with Crippen LogP contribution in [0.25, 0.3) is 0 Å². The van der Waals surface area contributed by atoms with Crippen molar-refractivity contribution in [2.75, 3.05) is 6.61 Å². The molecule has 2 aromatic rings. The van der Waals surface area contributed by atoms with Crippen LogP contribution in [0.4, 0.5) is 0 Å². The molecule has 2 rings (SSSR count). The van der Waals surface area contributed by atoms with Gasteiger partial charge in [0.1, 0.15) is 12.4 Å². The summed E-state index contributed by atoms with van der Waals surface area (Å²) in [4.78, 5) is 1.07. The first-order valence-corrected chi connectivity index (χ1v) is 7.20. The number of hydrogen-bond donors (Lipinski definition) is 2. The van der Waals surface area contributed by atoms with Crippen molar-refractivity contribution in [1.82, 2.24) is 0 Å². The summed E-state index contributed by atoms with van der Waals surface area (Å²) in [6.45, 7) is 0.593. The molecule has 3 nitrogen and oxygen atoms in total. The number of hydrogen-bond acceptors (Lipinski definition) is 4. The second-order valence-corrected chi connectivity index (χ2v) is 5.12. The van der Waals surface area contributed by atoms with Crippen LogP contribution < -0.4 is 4.74 Å². The Balaban J connectivity index is 1.97. The topological polar surface area (TPSA) is 49.7 Å². The zero-order valence-corrected chi connectivity index (χ0v) is 11.8. The van der Waals surface area contributed by atoms with Gasteiger partial charge in [0.2, 0.25) is 0 Å². The molecule has 0 fully saturated rings. The summed E-state index contributed by atoms with van der Waals surface area (Å²) >= 11 is 1.60. The first-order chi connectivity index (χ1) is 9.83. The average Bonchev–Trinajstić information content (AvgIpc) is 2.93. The zero-order chi connectivity index (χ0) is 14.2. The van der Waals surface area contributed by atoms with Crippen LogP contribution in [0.5, 0.6) is 5.75 Å². The second-order valence-electron chi connectivity index (χ2n) is 4.12. The summed E-state index contributed by atoms with van der Waals surface area (Å²) in [6.07, 6.45) is 0.485. The molecule has 0 aliphatic rings. The lowest BCUT2D eigenvalue weighted by Crippen LogP contribution is -1.95. The van der Waals surface area contributed by atoms with Crippen LogP contribution in [-0.4, -0.2) is 16.8 Å². The van der Waals surface area contributed by atoms with E-state index in [1.165, 1.54) is 0 Å². The van der Waals surface area contributed by atoms with Gasteiger partial charge in [0.05, 0.1) is 18.1 Å². The monoisotopic (exact) mass is 288 g/mol. The Morgan fingerprint density at radius 3 is 2.60 bits per heavy atom. The third kappa shape index (κ3) is 4.10. The zero-order valence-electron chi connectivity index (χ0n) is 11.0. The summed E-state index contributed by atoms with van der Waals surface area (Å²) in [5, 5.41) is 19.7. The lowest BCUT2D eigenvalue weighted by Gasteiger charge is -2.05. The van der Waals surface area contributed by atoms with Gasteiger partial charge in [-0.05, 0) is 29.1 Å². The molecule has 0 unspecified atom stereocenters. The molecule has 0 atom stereocenters. The molecular weight excluding hydrogens is 272 g/mol. The molecule has 0 amide bonds. The fourth-order valence-corrected chi connectivity index (χ4v) is 2.36. The Morgan fingerprint density at radius 1 is 1.10 bits per heavy atom. The van der Waals surface area contributed by atoms with Gasteiger partial charge in [-0.1, -0.05) is 24.0 Å². The van der Waals surface area contributed by atoms with Gasteiger partial charge < -0.3 is 14.9 Å². The lowest BCUT2D eigenvalue weighted by molar-refractivity contribution is 0.281. The number of ether oxygens (including phenoxy) is 1. The Hall–Kier alpha value is -1.80. The van der Waals surface area contributed by atoms with Gasteiger partial charge >= 0.3 is 0 Å². The van der Waals surface area contributed by atoms with Gasteiger partial charge in [0.15, 0.2) is 0 Å². The Kier molecular flexibility index (Phi) is 5.63. The van der Waals surface area contributed by atoms with E-state index >= 15 is 0 Å². The molecule has 1 aromatic heterocycles. The minimum absolute atomic E-state index is 0.0375. The van der Waals surface area contributed by atoms with Gasteiger partial charge in [-0.15, -0.1) is 11.3 Å². The molecule has 2 N–H and O–H groups in total. The van der Waals surface area contributed by atoms with Gasteiger partial charge in [-0.2, -0.15) is 0 Å². The minimum Gasteiger partial charge on any atom is -0.488 e. The van der Waals surface area contributed by atoms with Crippen molar-refractivity contribution < 1.29 is 14.9 Å². The maximum absolute atomic E-state index is 8.98. The molecule has 0 aliphatic carbocycles. The van der Waals surface area contributed by atoms with E-state index in [9.17, 15) is 0 Å². The largest absolute Gasteiger partial charge is 0.488 e. The summed E-state index contributed by atoms with van der Waals surface area (Å²) in [6, 6.07) is 9.33. The number of aliphatic hydroxyl groups excluding tert-OH is 2. The van der Waals surface area contributed by atoms with Crippen molar-refractivity contribution in [3.05, 3.63) is 51.7 Å². The fraction of sp³-hybridized carbons (Fsp3) is 0.250. The molecule has 4 heteroatoms. The Labute approximate surface area is 122 Å².